The Morgan fingerprint density at radius 1 is 1.38 bits per heavy atom. The van der Waals surface area contributed by atoms with Crippen LogP contribution < -0.4 is 5.43 Å². The average Bonchev–Trinajstić information content (AvgIpc) is 2.74. The van der Waals surface area contributed by atoms with Crippen molar-refractivity contribution in [3.05, 3.63) is 52.3 Å². The first-order chi connectivity index (χ1) is 9.97. The van der Waals surface area contributed by atoms with E-state index in [1.807, 2.05) is 38.1 Å². The summed E-state index contributed by atoms with van der Waals surface area (Å²) in [6.07, 6.45) is 0. The number of aromatic nitrogens is 2. The van der Waals surface area contributed by atoms with Gasteiger partial charge in [-0.3, -0.25) is 9.48 Å². The maximum absolute atomic E-state index is 11.9. The van der Waals surface area contributed by atoms with E-state index < -0.39 is 0 Å². The Hall–Kier alpha value is -2.14. The van der Waals surface area contributed by atoms with Crippen LogP contribution in [0.4, 0.5) is 0 Å². The van der Waals surface area contributed by atoms with Crippen molar-refractivity contribution in [2.75, 3.05) is 0 Å². The summed E-state index contributed by atoms with van der Waals surface area (Å²) in [6, 6.07) is 9.28. The highest BCUT2D eigenvalue weighted by molar-refractivity contribution is 6.34. The molecule has 0 aliphatic carbocycles. The molecule has 5 nitrogen and oxygen atoms in total. The van der Waals surface area contributed by atoms with Crippen LogP contribution >= 0.6 is 11.6 Å². The molecule has 1 aromatic heterocycles. The molecule has 6 heteroatoms. The molecular weight excluding hydrogens is 288 g/mol. The summed E-state index contributed by atoms with van der Waals surface area (Å²) >= 11 is 6.08. The second kappa shape index (κ2) is 6.54. The number of amides is 1. The summed E-state index contributed by atoms with van der Waals surface area (Å²) in [6.45, 7) is 5.73. The van der Waals surface area contributed by atoms with Crippen molar-refractivity contribution in [1.29, 1.82) is 0 Å². The van der Waals surface area contributed by atoms with Gasteiger partial charge in [0.15, 0.2) is 0 Å². The predicted molar refractivity (Wildman–Crippen MR) is 83.5 cm³/mol. The van der Waals surface area contributed by atoms with Gasteiger partial charge in [-0.05, 0) is 32.9 Å². The number of nitrogens with one attached hydrogen (secondary N) is 1. The van der Waals surface area contributed by atoms with Crippen molar-refractivity contribution in [3.8, 4) is 0 Å². The van der Waals surface area contributed by atoms with Crippen LogP contribution in [0.1, 0.15) is 23.9 Å². The molecule has 0 atom stereocenters. The Morgan fingerprint density at radius 3 is 2.71 bits per heavy atom. The first-order valence-electron chi connectivity index (χ1n) is 6.56. The van der Waals surface area contributed by atoms with Crippen molar-refractivity contribution in [3.63, 3.8) is 0 Å². The van der Waals surface area contributed by atoms with Gasteiger partial charge in [0.2, 0.25) is 0 Å². The number of halogens is 1. The number of hydrazone groups is 1. The minimum atomic E-state index is -0.229. The Morgan fingerprint density at radius 2 is 2.10 bits per heavy atom. The van der Waals surface area contributed by atoms with Crippen LogP contribution in [-0.4, -0.2) is 21.4 Å². The summed E-state index contributed by atoms with van der Waals surface area (Å²) in [5.41, 5.74) is 5.80. The van der Waals surface area contributed by atoms with Crippen LogP contribution in [0.15, 0.2) is 35.4 Å². The van der Waals surface area contributed by atoms with Gasteiger partial charge < -0.3 is 0 Å². The van der Waals surface area contributed by atoms with Gasteiger partial charge in [-0.15, -0.1) is 0 Å². The smallest absolute Gasteiger partial charge is 0.261 e. The van der Waals surface area contributed by atoms with Crippen LogP contribution in [0.2, 0.25) is 5.02 Å². The van der Waals surface area contributed by atoms with Gasteiger partial charge in [0.25, 0.3) is 5.91 Å². The molecule has 2 rings (SSSR count). The lowest BCUT2D eigenvalue weighted by Gasteiger charge is -2.05. The molecule has 0 spiro atoms. The maximum atomic E-state index is 11.9. The van der Waals surface area contributed by atoms with Crippen molar-refractivity contribution in [2.24, 2.45) is 5.10 Å². The third-order valence-corrected chi connectivity index (χ3v) is 3.34. The van der Waals surface area contributed by atoms with Gasteiger partial charge in [-0.1, -0.05) is 29.8 Å². The SMILES string of the molecule is C/C(=N\NC(=O)Cn1nc(C)cc1C)c1ccccc1Cl. The highest BCUT2D eigenvalue weighted by atomic mass is 35.5. The van der Waals surface area contributed by atoms with E-state index in [0.717, 1.165) is 17.0 Å². The lowest BCUT2D eigenvalue weighted by Crippen LogP contribution is -2.25. The Kier molecular flexibility index (Phi) is 4.75. The molecule has 1 heterocycles. The van der Waals surface area contributed by atoms with Crippen LogP contribution in [0.25, 0.3) is 0 Å². The summed E-state index contributed by atoms with van der Waals surface area (Å²) in [5.74, 6) is -0.229. The fraction of sp³-hybridized carbons (Fsp3) is 0.267. The fourth-order valence-corrected chi connectivity index (χ4v) is 2.24. The molecule has 110 valence electrons. The molecule has 2 aromatic rings. The van der Waals surface area contributed by atoms with Crippen LogP contribution in [-0.2, 0) is 11.3 Å². The standard InChI is InChI=1S/C15H17ClN4O/c1-10-8-11(2)20(19-10)9-15(21)18-17-12(3)13-6-4-5-7-14(13)16/h4-8H,9H2,1-3H3,(H,18,21)/b17-12+. The van der Waals surface area contributed by atoms with E-state index in [2.05, 4.69) is 15.6 Å². The summed E-state index contributed by atoms with van der Waals surface area (Å²) in [7, 11) is 0. The number of carbonyl (C=O) groups excluding carboxylic acids is 1. The molecule has 0 unspecified atom stereocenters. The Bertz CT molecular complexity index is 691. The number of carbonyl (C=O) groups is 1. The van der Waals surface area contributed by atoms with Gasteiger partial charge in [-0.2, -0.15) is 10.2 Å². The highest BCUT2D eigenvalue weighted by Crippen LogP contribution is 2.15. The quantitative estimate of drug-likeness (QED) is 0.697. The summed E-state index contributed by atoms with van der Waals surface area (Å²) in [5, 5.41) is 8.92. The molecule has 1 N–H and O–H groups in total. The van der Waals surface area contributed by atoms with E-state index in [1.165, 1.54) is 0 Å². The number of aryl methyl sites for hydroxylation is 2. The first-order valence-corrected chi connectivity index (χ1v) is 6.94. The molecule has 0 saturated heterocycles. The summed E-state index contributed by atoms with van der Waals surface area (Å²) < 4.78 is 1.64. The average molecular weight is 305 g/mol. The Labute approximate surface area is 128 Å². The molecule has 21 heavy (non-hydrogen) atoms. The zero-order chi connectivity index (χ0) is 15.4. The largest absolute Gasteiger partial charge is 0.271 e. The van der Waals surface area contributed by atoms with E-state index >= 15 is 0 Å². The molecular formula is C15H17ClN4O. The molecule has 0 fully saturated rings. The number of hydrogen-bond acceptors (Lipinski definition) is 3. The predicted octanol–water partition coefficient (Wildman–Crippen LogP) is 2.69. The van der Waals surface area contributed by atoms with Crippen LogP contribution in [0.5, 0.6) is 0 Å². The minimum absolute atomic E-state index is 0.138. The lowest BCUT2D eigenvalue weighted by molar-refractivity contribution is -0.121. The topological polar surface area (TPSA) is 59.3 Å². The number of nitrogens with zero attached hydrogens (tertiary/aromatic N) is 3. The zero-order valence-corrected chi connectivity index (χ0v) is 13.0. The van der Waals surface area contributed by atoms with E-state index in [0.29, 0.717) is 10.7 Å². The van der Waals surface area contributed by atoms with Crippen LogP contribution in [0, 0.1) is 13.8 Å². The molecule has 0 bridgehead atoms. The second-order valence-corrected chi connectivity index (χ2v) is 5.20. The van der Waals surface area contributed by atoms with Gasteiger partial charge >= 0.3 is 0 Å². The third-order valence-electron chi connectivity index (χ3n) is 3.01. The Balaban J connectivity index is 2.02. The summed E-state index contributed by atoms with van der Waals surface area (Å²) in [4.78, 5) is 11.9. The number of hydrogen-bond donors (Lipinski definition) is 1. The normalized spacial score (nSPS) is 11.5. The fourth-order valence-electron chi connectivity index (χ4n) is 1.97. The maximum Gasteiger partial charge on any atom is 0.261 e. The van der Waals surface area contributed by atoms with Gasteiger partial charge in [0.1, 0.15) is 6.54 Å². The van der Waals surface area contributed by atoms with Crippen molar-refractivity contribution in [2.45, 2.75) is 27.3 Å². The number of rotatable bonds is 4. The monoisotopic (exact) mass is 304 g/mol. The van der Waals surface area contributed by atoms with E-state index in [4.69, 9.17) is 11.6 Å². The van der Waals surface area contributed by atoms with Crippen molar-refractivity contribution < 1.29 is 4.79 Å². The zero-order valence-electron chi connectivity index (χ0n) is 12.2. The third kappa shape index (κ3) is 3.92. The van der Waals surface area contributed by atoms with E-state index in [-0.39, 0.29) is 12.5 Å². The highest BCUT2D eigenvalue weighted by Gasteiger charge is 2.07. The molecule has 0 saturated carbocycles. The van der Waals surface area contributed by atoms with E-state index in [9.17, 15) is 4.79 Å². The molecule has 0 aliphatic rings. The van der Waals surface area contributed by atoms with E-state index in [1.54, 1.807) is 17.7 Å². The van der Waals surface area contributed by atoms with Crippen molar-refractivity contribution in [1.82, 2.24) is 15.2 Å². The molecule has 0 radical (unpaired) electrons. The minimum Gasteiger partial charge on any atom is -0.271 e. The molecule has 0 aliphatic heterocycles. The first kappa shape index (κ1) is 15.3. The van der Waals surface area contributed by atoms with Crippen LogP contribution in [0.3, 0.4) is 0 Å². The lowest BCUT2D eigenvalue weighted by atomic mass is 10.1. The van der Waals surface area contributed by atoms with Gasteiger partial charge in [0, 0.05) is 16.3 Å². The second-order valence-electron chi connectivity index (χ2n) is 4.80. The number of benzene rings is 1. The van der Waals surface area contributed by atoms with Gasteiger partial charge in [-0.25, -0.2) is 5.43 Å². The molecule has 1 amide bonds. The van der Waals surface area contributed by atoms with Crippen molar-refractivity contribution >= 4 is 23.2 Å². The molecule has 1 aromatic carbocycles. The van der Waals surface area contributed by atoms with Gasteiger partial charge in [0.05, 0.1) is 11.4 Å².